The summed E-state index contributed by atoms with van der Waals surface area (Å²) in [6.45, 7) is 3.74. The highest BCUT2D eigenvalue weighted by atomic mass is 31.2. The number of aliphatic hydroxyl groups is 2. The molecule has 0 amide bonds. The van der Waals surface area contributed by atoms with Gasteiger partial charge in [0.25, 0.3) is 7.82 Å². The molecule has 0 saturated carbocycles. The first-order valence-corrected chi connectivity index (χ1v) is 23.9. The maximum Gasteiger partial charge on any atom is 0.306 e. The van der Waals surface area contributed by atoms with Crippen molar-refractivity contribution >= 4 is 19.8 Å². The van der Waals surface area contributed by atoms with Crippen molar-refractivity contribution in [2.45, 2.75) is 161 Å². The molecule has 3 unspecified atom stereocenters. The molecule has 11 nitrogen and oxygen atoms in total. The Kier molecular flexibility index (Phi) is 37.1. The van der Waals surface area contributed by atoms with E-state index in [2.05, 4.69) is 74.6 Å². The van der Waals surface area contributed by atoms with E-state index in [4.69, 9.17) is 18.5 Å². The number of carbonyl (C=O) groups excluding carboxylic acids is 2. The van der Waals surface area contributed by atoms with Crippen LogP contribution in [0.4, 0.5) is 0 Å². The van der Waals surface area contributed by atoms with E-state index in [0.717, 1.165) is 44.9 Å². The largest absolute Gasteiger partial charge is 0.756 e. The summed E-state index contributed by atoms with van der Waals surface area (Å²) in [6.07, 6.45) is 42.2. The van der Waals surface area contributed by atoms with Gasteiger partial charge in [0.15, 0.2) is 6.10 Å². The number of phosphoric ester groups is 1. The Labute approximate surface area is 364 Å². The van der Waals surface area contributed by atoms with Crippen molar-refractivity contribution in [2.75, 3.05) is 47.5 Å². The van der Waals surface area contributed by atoms with E-state index in [1.807, 2.05) is 45.4 Å². The Morgan fingerprint density at radius 3 is 1.57 bits per heavy atom. The predicted molar refractivity (Wildman–Crippen MR) is 243 cm³/mol. The van der Waals surface area contributed by atoms with Gasteiger partial charge < -0.3 is 38.1 Å². The molecule has 0 aliphatic carbocycles. The number of quaternary nitrogens is 1. The molecular weight excluding hydrogens is 781 g/mol. The normalized spacial score (nSPS) is 15.4. The molecule has 60 heavy (non-hydrogen) atoms. The molecule has 0 radical (unpaired) electrons. The minimum Gasteiger partial charge on any atom is -0.756 e. The third kappa shape index (κ3) is 40.5. The molecule has 0 aliphatic heterocycles. The van der Waals surface area contributed by atoms with E-state index in [-0.39, 0.29) is 38.7 Å². The zero-order chi connectivity index (χ0) is 44.6. The summed E-state index contributed by atoms with van der Waals surface area (Å²) in [4.78, 5) is 37.6. The molecular formula is C48H82NO10P. The molecule has 0 fully saturated rings. The predicted octanol–water partition coefficient (Wildman–Crippen LogP) is 10.1. The van der Waals surface area contributed by atoms with Crippen molar-refractivity contribution < 1.29 is 52.3 Å². The fourth-order valence-corrected chi connectivity index (χ4v) is 6.12. The van der Waals surface area contributed by atoms with Crippen LogP contribution in [-0.4, -0.2) is 92.5 Å². The van der Waals surface area contributed by atoms with Crippen LogP contribution >= 0.6 is 7.82 Å². The minimum absolute atomic E-state index is 0.0533. The average Bonchev–Trinajstić information content (AvgIpc) is 3.19. The van der Waals surface area contributed by atoms with Crippen molar-refractivity contribution in [3.05, 3.63) is 85.1 Å². The molecule has 344 valence electrons. The Hall–Kier alpha value is -2.89. The van der Waals surface area contributed by atoms with Crippen LogP contribution in [0.25, 0.3) is 0 Å². The van der Waals surface area contributed by atoms with Gasteiger partial charge in [-0.2, -0.15) is 0 Å². The number of nitrogens with zero attached hydrogens (tertiary/aromatic N) is 1. The number of esters is 2. The van der Waals surface area contributed by atoms with Gasteiger partial charge in [-0.25, -0.2) is 0 Å². The zero-order valence-electron chi connectivity index (χ0n) is 37.8. The molecule has 0 aromatic carbocycles. The average molecular weight is 864 g/mol. The van der Waals surface area contributed by atoms with Crippen LogP contribution in [0.15, 0.2) is 85.1 Å². The molecule has 0 bridgehead atoms. The van der Waals surface area contributed by atoms with Crippen molar-refractivity contribution in [1.29, 1.82) is 0 Å². The number of rotatable bonds is 39. The lowest BCUT2D eigenvalue weighted by molar-refractivity contribution is -0.870. The van der Waals surface area contributed by atoms with Crippen LogP contribution in [-0.2, 0) is 32.7 Å². The summed E-state index contributed by atoms with van der Waals surface area (Å²) in [7, 11) is 0.963. The lowest BCUT2D eigenvalue weighted by atomic mass is 10.0. The number of phosphoric acid groups is 1. The van der Waals surface area contributed by atoms with Gasteiger partial charge in [-0.3, -0.25) is 14.2 Å². The first kappa shape index (κ1) is 57.1. The van der Waals surface area contributed by atoms with Gasteiger partial charge in [0.05, 0.1) is 40.0 Å². The van der Waals surface area contributed by atoms with Crippen LogP contribution in [0.1, 0.15) is 142 Å². The maximum atomic E-state index is 12.7. The molecule has 0 heterocycles. The first-order valence-electron chi connectivity index (χ1n) is 22.5. The molecule has 4 atom stereocenters. The number of allylic oxidation sites excluding steroid dienone is 13. The smallest absolute Gasteiger partial charge is 0.306 e. The highest BCUT2D eigenvalue weighted by molar-refractivity contribution is 7.45. The number of unbranched alkanes of at least 4 members (excludes halogenated alkanes) is 7. The Bertz CT molecular complexity index is 1330. The van der Waals surface area contributed by atoms with Gasteiger partial charge in [-0.1, -0.05) is 125 Å². The number of ether oxygens (including phenoxy) is 2. The van der Waals surface area contributed by atoms with E-state index in [0.29, 0.717) is 23.9 Å². The molecule has 0 aromatic heterocycles. The summed E-state index contributed by atoms with van der Waals surface area (Å²) in [5.41, 5.74) is 0. The number of aliphatic hydroxyl groups excluding tert-OH is 2. The van der Waals surface area contributed by atoms with Crippen LogP contribution in [0.5, 0.6) is 0 Å². The van der Waals surface area contributed by atoms with E-state index in [1.165, 1.54) is 38.5 Å². The second-order valence-electron chi connectivity index (χ2n) is 16.0. The number of carbonyl (C=O) groups is 2. The van der Waals surface area contributed by atoms with Gasteiger partial charge in [-0.15, -0.1) is 0 Å². The van der Waals surface area contributed by atoms with E-state index in [1.54, 1.807) is 0 Å². The Morgan fingerprint density at radius 1 is 0.600 bits per heavy atom. The van der Waals surface area contributed by atoms with Crippen molar-refractivity contribution in [3.63, 3.8) is 0 Å². The third-order valence-electron chi connectivity index (χ3n) is 9.09. The highest BCUT2D eigenvalue weighted by Crippen LogP contribution is 2.38. The molecule has 0 aliphatic rings. The molecule has 2 N–H and O–H groups in total. The second kappa shape index (κ2) is 39.0. The van der Waals surface area contributed by atoms with E-state index in [9.17, 15) is 29.3 Å². The Balaban J connectivity index is 4.70. The minimum atomic E-state index is -4.71. The lowest BCUT2D eigenvalue weighted by Gasteiger charge is -2.28. The van der Waals surface area contributed by atoms with Crippen LogP contribution in [0.3, 0.4) is 0 Å². The second-order valence-corrected chi connectivity index (χ2v) is 17.4. The number of hydrogen-bond donors (Lipinski definition) is 2. The summed E-state index contributed by atoms with van der Waals surface area (Å²) in [6, 6.07) is 0. The van der Waals surface area contributed by atoms with Crippen molar-refractivity contribution in [2.24, 2.45) is 0 Å². The first-order chi connectivity index (χ1) is 28.8. The topological polar surface area (TPSA) is 152 Å². The quantitative estimate of drug-likeness (QED) is 0.0201. The number of likely N-dealkylation sites (N-methyl/N-ethyl adjacent to an activating group) is 1. The summed E-state index contributed by atoms with van der Waals surface area (Å²) < 4.78 is 33.6. The van der Waals surface area contributed by atoms with Crippen molar-refractivity contribution in [3.8, 4) is 0 Å². The molecule has 0 spiro atoms. The zero-order valence-corrected chi connectivity index (χ0v) is 38.7. The lowest BCUT2D eigenvalue weighted by Crippen LogP contribution is -2.37. The highest BCUT2D eigenvalue weighted by Gasteiger charge is 2.22. The van der Waals surface area contributed by atoms with Gasteiger partial charge in [0.2, 0.25) is 0 Å². The SMILES string of the molecule is CCCCC/C=C\C/C=C\C/C=C\C/C=C\CCCC(=O)O[C@H](COC(=O)CCCC(O)C(O)C/C=C\C/C=C\C/C=C\CCCCC)COP(=O)([O-])OCC[N+](C)(C)C. The summed E-state index contributed by atoms with van der Waals surface area (Å²) in [5.74, 6) is -1.19. The van der Waals surface area contributed by atoms with E-state index >= 15 is 0 Å². The number of hydrogen-bond acceptors (Lipinski definition) is 10. The Morgan fingerprint density at radius 2 is 1.07 bits per heavy atom. The fraction of sp³-hybridized carbons (Fsp3) is 0.667. The van der Waals surface area contributed by atoms with Crippen LogP contribution < -0.4 is 4.89 Å². The molecule has 0 saturated heterocycles. The van der Waals surface area contributed by atoms with Crippen molar-refractivity contribution in [1.82, 2.24) is 0 Å². The maximum absolute atomic E-state index is 12.7. The van der Waals surface area contributed by atoms with E-state index < -0.39 is 51.3 Å². The molecule has 0 rings (SSSR count). The third-order valence-corrected chi connectivity index (χ3v) is 10.1. The molecule has 12 heteroatoms. The standard InChI is InChI=1S/C48H82NO10P/c1-6-8-10-12-14-16-18-20-21-22-23-24-26-28-30-32-34-38-48(53)59-44(43-58-60(54,55)57-41-40-49(3,4)5)42-56-47(52)39-35-37-46(51)45(50)36-33-31-29-27-25-19-17-15-13-11-9-7-2/h14-17,20-21,23-25,27-28,30-31,33,44-46,50-51H,6-13,18-19,22,26,29,32,34-43H2,1-5H3/b16-14-,17-15-,21-20-,24-23-,27-25-,30-28-,33-31-/t44-,45?,46?/m1/s1. The fourth-order valence-electron chi connectivity index (χ4n) is 5.40. The van der Waals surface area contributed by atoms with Crippen LogP contribution in [0.2, 0.25) is 0 Å². The van der Waals surface area contributed by atoms with Gasteiger partial charge in [0.1, 0.15) is 19.8 Å². The van der Waals surface area contributed by atoms with Gasteiger partial charge in [-0.05, 0) is 89.9 Å². The molecule has 0 aromatic rings. The van der Waals surface area contributed by atoms with Gasteiger partial charge >= 0.3 is 11.9 Å². The van der Waals surface area contributed by atoms with Crippen LogP contribution in [0, 0.1) is 0 Å². The van der Waals surface area contributed by atoms with Gasteiger partial charge in [0, 0.05) is 12.8 Å². The monoisotopic (exact) mass is 864 g/mol. The summed E-state index contributed by atoms with van der Waals surface area (Å²) >= 11 is 0. The summed E-state index contributed by atoms with van der Waals surface area (Å²) in [5, 5.41) is 20.7.